The van der Waals surface area contributed by atoms with Crippen LogP contribution in [-0.4, -0.2) is 44.6 Å². The van der Waals surface area contributed by atoms with Crippen molar-refractivity contribution >= 4 is 33.8 Å². The summed E-state index contributed by atoms with van der Waals surface area (Å²) in [7, 11) is 3.44. The van der Waals surface area contributed by atoms with Crippen LogP contribution in [0.4, 0.5) is 15.3 Å². The fraction of sp³-hybridized carbons (Fsp3) is 0.0870. The van der Waals surface area contributed by atoms with Crippen molar-refractivity contribution in [2.45, 2.75) is 0 Å². The first-order valence-electron chi connectivity index (χ1n) is 10.0. The van der Waals surface area contributed by atoms with E-state index in [0.29, 0.717) is 17.0 Å². The zero-order valence-electron chi connectivity index (χ0n) is 17.7. The molecule has 0 aliphatic carbocycles. The lowest BCUT2D eigenvalue weighted by Gasteiger charge is -2.16. The minimum absolute atomic E-state index is 0.286. The normalized spacial score (nSPS) is 11.0. The zero-order chi connectivity index (χ0) is 22.9. The Labute approximate surface area is 192 Å². The number of imidazole rings is 1. The first-order valence-corrected chi connectivity index (χ1v) is 10.8. The Morgan fingerprint density at radius 2 is 1.73 bits per heavy atom. The number of aromatic nitrogens is 5. The second kappa shape index (κ2) is 8.40. The summed E-state index contributed by atoms with van der Waals surface area (Å²) in [6.45, 7) is 0. The molecule has 0 aliphatic rings. The maximum absolute atomic E-state index is 13.2. The minimum atomic E-state index is -0.392. The molecule has 10 heteroatoms. The molecule has 8 nitrogen and oxygen atoms in total. The summed E-state index contributed by atoms with van der Waals surface area (Å²) in [6, 6.07) is 13.4. The number of benzene rings is 2. The lowest BCUT2D eigenvalue weighted by Crippen LogP contribution is -2.27. The first kappa shape index (κ1) is 20.7. The van der Waals surface area contributed by atoms with E-state index in [1.165, 1.54) is 40.5 Å². The van der Waals surface area contributed by atoms with E-state index in [1.54, 1.807) is 25.6 Å². The summed E-state index contributed by atoms with van der Waals surface area (Å²) in [5.74, 6) is -0.233. The van der Waals surface area contributed by atoms with E-state index < -0.39 is 5.82 Å². The van der Waals surface area contributed by atoms with E-state index in [9.17, 15) is 9.18 Å². The Balaban J connectivity index is 1.45. The fourth-order valence-corrected chi connectivity index (χ4v) is 4.08. The van der Waals surface area contributed by atoms with Crippen LogP contribution in [0.2, 0.25) is 0 Å². The van der Waals surface area contributed by atoms with Crippen LogP contribution >= 0.6 is 11.3 Å². The molecule has 1 amide bonds. The highest BCUT2D eigenvalue weighted by Gasteiger charge is 2.17. The molecular weight excluding hydrogens is 441 g/mol. The number of nitrogens with zero attached hydrogens (tertiary/aromatic N) is 6. The number of halogens is 1. The quantitative estimate of drug-likeness (QED) is 0.420. The maximum atomic E-state index is 13.2. The smallest absolute Gasteiger partial charge is 0.259 e. The predicted molar refractivity (Wildman–Crippen MR) is 126 cm³/mol. The van der Waals surface area contributed by atoms with Crippen molar-refractivity contribution in [1.82, 2.24) is 24.6 Å². The zero-order valence-corrected chi connectivity index (χ0v) is 18.5. The van der Waals surface area contributed by atoms with Crippen LogP contribution in [-0.2, 0) is 0 Å². The van der Waals surface area contributed by atoms with E-state index in [0.717, 1.165) is 27.0 Å². The molecule has 3 aromatic heterocycles. The molecule has 164 valence electrons. The molecule has 0 unspecified atom stereocenters. The lowest BCUT2D eigenvalue weighted by atomic mass is 10.1. The number of rotatable bonds is 5. The van der Waals surface area contributed by atoms with Gasteiger partial charge in [-0.2, -0.15) is 0 Å². The van der Waals surface area contributed by atoms with E-state index >= 15 is 0 Å². The van der Waals surface area contributed by atoms with Crippen molar-refractivity contribution in [2.24, 2.45) is 0 Å². The number of amides is 1. The van der Waals surface area contributed by atoms with Crippen LogP contribution in [0, 0.1) is 5.82 Å². The van der Waals surface area contributed by atoms with E-state index in [4.69, 9.17) is 0 Å². The molecule has 0 saturated carbocycles. The number of hydrogen-bond donors (Lipinski definition) is 1. The maximum Gasteiger partial charge on any atom is 0.259 e. The highest BCUT2D eigenvalue weighted by Crippen LogP contribution is 2.29. The van der Waals surface area contributed by atoms with Crippen molar-refractivity contribution in [3.05, 3.63) is 78.5 Å². The summed E-state index contributed by atoms with van der Waals surface area (Å²) >= 11 is 1.48. The number of carbonyl (C=O) groups excluding carboxylic acids is 1. The van der Waals surface area contributed by atoms with Crippen LogP contribution in [0.15, 0.2) is 67.1 Å². The molecule has 0 saturated heterocycles. The van der Waals surface area contributed by atoms with Gasteiger partial charge in [0.15, 0.2) is 11.5 Å². The summed E-state index contributed by atoms with van der Waals surface area (Å²) in [5.41, 5.74) is 3.81. The Morgan fingerprint density at radius 3 is 2.42 bits per heavy atom. The van der Waals surface area contributed by atoms with Gasteiger partial charge in [0, 0.05) is 30.8 Å². The number of fused-ring (bicyclic) bond motifs is 1. The van der Waals surface area contributed by atoms with E-state index in [2.05, 4.69) is 25.5 Å². The topological polar surface area (TPSA) is 88.3 Å². The van der Waals surface area contributed by atoms with Gasteiger partial charge >= 0.3 is 0 Å². The summed E-state index contributed by atoms with van der Waals surface area (Å²) < 4.78 is 15.1. The molecule has 1 N–H and O–H groups in total. The van der Waals surface area contributed by atoms with Crippen molar-refractivity contribution in [3.63, 3.8) is 0 Å². The van der Waals surface area contributed by atoms with Gasteiger partial charge in [-0.1, -0.05) is 35.6 Å². The monoisotopic (exact) mass is 459 g/mol. The van der Waals surface area contributed by atoms with Crippen LogP contribution in [0.1, 0.15) is 10.4 Å². The van der Waals surface area contributed by atoms with Crippen LogP contribution in [0.25, 0.3) is 27.5 Å². The average Bonchev–Trinajstić information content (AvgIpc) is 3.50. The van der Waals surface area contributed by atoms with Gasteiger partial charge in [-0.15, -0.1) is 10.2 Å². The second-order valence-corrected chi connectivity index (χ2v) is 8.21. The Bertz CT molecular complexity index is 1440. The summed E-state index contributed by atoms with van der Waals surface area (Å²) in [6.07, 6.45) is 5.14. The van der Waals surface area contributed by atoms with Crippen molar-refractivity contribution < 1.29 is 9.18 Å². The SMILES string of the molecule is CNc1nnc(-c2ccc(-c3cnc4cnc(N(C)C(=O)c5ccc(F)cc5)cn34)cc2)s1. The fourth-order valence-electron chi connectivity index (χ4n) is 3.38. The first-order chi connectivity index (χ1) is 16.0. The third-order valence-corrected chi connectivity index (χ3v) is 6.18. The Kier molecular flexibility index (Phi) is 5.27. The molecule has 3 heterocycles. The Morgan fingerprint density at radius 1 is 1.00 bits per heavy atom. The van der Waals surface area contributed by atoms with Gasteiger partial charge < -0.3 is 5.32 Å². The van der Waals surface area contributed by atoms with Crippen LogP contribution in [0.3, 0.4) is 0 Å². The molecule has 2 aromatic carbocycles. The Hall–Kier alpha value is -4.18. The highest BCUT2D eigenvalue weighted by atomic mass is 32.1. The third-order valence-electron chi connectivity index (χ3n) is 5.19. The van der Waals surface area contributed by atoms with Crippen LogP contribution < -0.4 is 10.2 Å². The molecule has 0 radical (unpaired) electrons. The predicted octanol–water partition coefficient (Wildman–Crippen LogP) is 4.37. The third kappa shape index (κ3) is 3.92. The average molecular weight is 460 g/mol. The molecule has 0 bridgehead atoms. The van der Waals surface area contributed by atoms with Crippen LogP contribution in [0.5, 0.6) is 0 Å². The van der Waals surface area contributed by atoms with Crippen molar-refractivity contribution in [2.75, 3.05) is 24.3 Å². The van der Waals surface area contributed by atoms with Gasteiger partial charge in [0.1, 0.15) is 10.8 Å². The lowest BCUT2D eigenvalue weighted by molar-refractivity contribution is 0.0992. The molecule has 0 fully saturated rings. The van der Waals surface area contributed by atoms with Gasteiger partial charge in [0.25, 0.3) is 5.91 Å². The molecule has 33 heavy (non-hydrogen) atoms. The van der Waals surface area contributed by atoms with Gasteiger partial charge in [0.05, 0.1) is 24.3 Å². The van der Waals surface area contributed by atoms with Gasteiger partial charge in [-0.3, -0.25) is 14.1 Å². The highest BCUT2D eigenvalue weighted by molar-refractivity contribution is 7.18. The van der Waals surface area contributed by atoms with Crippen molar-refractivity contribution in [1.29, 1.82) is 0 Å². The van der Waals surface area contributed by atoms with Gasteiger partial charge in [0.2, 0.25) is 5.13 Å². The molecule has 5 aromatic rings. The number of nitrogens with one attached hydrogen (secondary N) is 1. The minimum Gasteiger partial charge on any atom is -0.363 e. The number of hydrogen-bond acceptors (Lipinski definition) is 7. The largest absolute Gasteiger partial charge is 0.363 e. The molecule has 0 aliphatic heterocycles. The number of anilines is 2. The van der Waals surface area contributed by atoms with Crippen molar-refractivity contribution in [3.8, 4) is 21.8 Å². The standard InChI is InChI=1S/C23H18FN7OS/c1-25-23-29-28-21(33-23)15-5-3-14(4-6-15)18-11-26-19-12-27-20(13-31(18)19)30(2)22(32)16-7-9-17(24)10-8-16/h3-13H,1-2H3,(H,25,29). The number of carbonyl (C=O) groups is 1. The summed E-state index contributed by atoms with van der Waals surface area (Å²) in [5, 5.41) is 12.9. The van der Waals surface area contributed by atoms with E-state index in [1.807, 2.05) is 35.7 Å². The second-order valence-electron chi connectivity index (χ2n) is 7.23. The van der Waals surface area contributed by atoms with E-state index in [-0.39, 0.29) is 5.91 Å². The van der Waals surface area contributed by atoms with Gasteiger partial charge in [-0.25, -0.2) is 14.4 Å². The molecule has 5 rings (SSSR count). The molecule has 0 atom stereocenters. The molecule has 0 spiro atoms. The van der Waals surface area contributed by atoms with Gasteiger partial charge in [-0.05, 0) is 24.3 Å². The summed E-state index contributed by atoms with van der Waals surface area (Å²) in [4.78, 5) is 23.0. The molecular formula is C23H18FN7OS.